The highest BCUT2D eigenvalue weighted by Crippen LogP contribution is 2.26. The van der Waals surface area contributed by atoms with Crippen LogP contribution in [0.5, 0.6) is 0 Å². The fourth-order valence-electron chi connectivity index (χ4n) is 2.76. The van der Waals surface area contributed by atoms with E-state index < -0.39 is 5.82 Å². The summed E-state index contributed by atoms with van der Waals surface area (Å²) in [6.07, 6.45) is 6.05. The van der Waals surface area contributed by atoms with Gasteiger partial charge in [-0.2, -0.15) is 0 Å². The number of hydrogen-bond donors (Lipinski definition) is 2. The molecule has 0 bridgehead atoms. The number of halogens is 1. The molecule has 1 aromatic carbocycles. The van der Waals surface area contributed by atoms with Gasteiger partial charge in [-0.25, -0.2) is 4.39 Å². The van der Waals surface area contributed by atoms with Gasteiger partial charge >= 0.3 is 0 Å². The smallest absolute Gasteiger partial charge is 0.253 e. The first-order valence-electron chi connectivity index (χ1n) is 6.94. The summed E-state index contributed by atoms with van der Waals surface area (Å²) in [5.41, 5.74) is 6.26. The number of amides is 1. The van der Waals surface area contributed by atoms with Crippen LogP contribution in [0.25, 0.3) is 0 Å². The first-order chi connectivity index (χ1) is 9.08. The molecule has 0 aromatic heterocycles. The van der Waals surface area contributed by atoms with Crippen molar-refractivity contribution in [3.63, 3.8) is 0 Å². The number of nitrogen functional groups attached to an aromatic ring is 1. The number of nitrogens with one attached hydrogen (secondary N) is 1. The van der Waals surface area contributed by atoms with Gasteiger partial charge in [0.05, 0.1) is 5.56 Å². The fraction of sp³-hybridized carbons (Fsp3) is 0.533. The molecule has 0 saturated heterocycles. The summed E-state index contributed by atoms with van der Waals surface area (Å²) in [5.74, 6) is -0.202. The Morgan fingerprint density at radius 2 is 2.05 bits per heavy atom. The molecule has 1 saturated carbocycles. The minimum Gasteiger partial charge on any atom is -0.398 e. The number of carbonyl (C=O) groups excluding carboxylic acids is 1. The van der Waals surface area contributed by atoms with Gasteiger partial charge in [-0.05, 0) is 43.9 Å². The number of hydrogen-bond acceptors (Lipinski definition) is 2. The second-order valence-electron chi connectivity index (χ2n) is 5.39. The molecule has 1 fully saturated rings. The van der Waals surface area contributed by atoms with E-state index in [1.54, 1.807) is 0 Å². The average Bonchev–Trinajstić information content (AvgIpc) is 2.42. The van der Waals surface area contributed by atoms with Crippen molar-refractivity contribution < 1.29 is 9.18 Å². The molecule has 0 radical (unpaired) electrons. The van der Waals surface area contributed by atoms with Gasteiger partial charge in [0, 0.05) is 11.7 Å². The third-order valence-electron chi connectivity index (χ3n) is 3.98. The normalized spacial score (nSPS) is 18.0. The van der Waals surface area contributed by atoms with E-state index in [0.29, 0.717) is 11.6 Å². The van der Waals surface area contributed by atoms with Crippen molar-refractivity contribution in [1.29, 1.82) is 0 Å². The van der Waals surface area contributed by atoms with E-state index in [2.05, 4.69) is 5.32 Å². The van der Waals surface area contributed by atoms with E-state index in [4.69, 9.17) is 5.73 Å². The van der Waals surface area contributed by atoms with E-state index in [1.807, 2.05) is 6.92 Å². The number of nitrogens with two attached hydrogens (primary N) is 1. The van der Waals surface area contributed by atoms with Crippen molar-refractivity contribution in [1.82, 2.24) is 5.32 Å². The summed E-state index contributed by atoms with van der Waals surface area (Å²) < 4.78 is 13.2. The predicted molar refractivity (Wildman–Crippen MR) is 74.3 cm³/mol. The maximum absolute atomic E-state index is 13.2. The highest BCUT2D eigenvalue weighted by molar-refractivity contribution is 5.99. The Bertz CT molecular complexity index is 455. The molecule has 1 aromatic rings. The standard InChI is InChI=1S/C15H21FN2O/c1-10(11-5-3-2-4-6-11)18-15(19)13-9-12(16)7-8-14(13)17/h7-11H,2-6,17H2,1H3,(H,18,19)/t10-/m1/s1. The zero-order valence-electron chi connectivity index (χ0n) is 11.3. The number of carbonyl (C=O) groups is 1. The lowest BCUT2D eigenvalue weighted by Gasteiger charge is -2.28. The van der Waals surface area contributed by atoms with Crippen molar-refractivity contribution in [2.75, 3.05) is 5.73 Å². The minimum absolute atomic E-state index is 0.107. The van der Waals surface area contributed by atoms with Crippen molar-refractivity contribution in [2.24, 2.45) is 5.92 Å². The van der Waals surface area contributed by atoms with Crippen LogP contribution in [0, 0.1) is 11.7 Å². The summed E-state index contributed by atoms with van der Waals surface area (Å²) in [5, 5.41) is 2.95. The molecule has 104 valence electrons. The molecule has 1 aliphatic carbocycles. The maximum atomic E-state index is 13.2. The predicted octanol–water partition coefficient (Wildman–Crippen LogP) is 3.11. The molecule has 4 heteroatoms. The van der Waals surface area contributed by atoms with Crippen LogP contribution >= 0.6 is 0 Å². The molecule has 1 atom stereocenters. The van der Waals surface area contributed by atoms with Gasteiger partial charge in [-0.3, -0.25) is 4.79 Å². The lowest BCUT2D eigenvalue weighted by molar-refractivity contribution is 0.0920. The van der Waals surface area contributed by atoms with Gasteiger partial charge in [0.15, 0.2) is 0 Å². The topological polar surface area (TPSA) is 55.1 Å². The van der Waals surface area contributed by atoms with Crippen LogP contribution in [0.15, 0.2) is 18.2 Å². The van der Waals surface area contributed by atoms with Gasteiger partial charge in [-0.1, -0.05) is 19.3 Å². The second kappa shape index (κ2) is 6.04. The molecule has 1 amide bonds. The van der Waals surface area contributed by atoms with Gasteiger partial charge in [0.1, 0.15) is 5.82 Å². The molecule has 0 aliphatic heterocycles. The zero-order chi connectivity index (χ0) is 13.8. The molecule has 2 rings (SSSR count). The van der Waals surface area contributed by atoms with Crippen LogP contribution in [0.1, 0.15) is 49.4 Å². The van der Waals surface area contributed by atoms with Gasteiger partial charge in [-0.15, -0.1) is 0 Å². The first kappa shape index (κ1) is 13.8. The van der Waals surface area contributed by atoms with Gasteiger partial charge < -0.3 is 11.1 Å². The largest absolute Gasteiger partial charge is 0.398 e. The number of anilines is 1. The van der Waals surface area contributed by atoms with Crippen molar-refractivity contribution in [3.8, 4) is 0 Å². The second-order valence-corrected chi connectivity index (χ2v) is 5.39. The molecule has 3 nitrogen and oxygen atoms in total. The van der Waals surface area contributed by atoms with Crippen LogP contribution in [-0.4, -0.2) is 11.9 Å². The van der Waals surface area contributed by atoms with Crippen molar-refractivity contribution >= 4 is 11.6 Å². The third kappa shape index (κ3) is 3.46. The van der Waals surface area contributed by atoms with Crippen molar-refractivity contribution in [2.45, 2.75) is 45.1 Å². The summed E-state index contributed by atoms with van der Waals surface area (Å²) in [6, 6.07) is 3.99. The SMILES string of the molecule is C[C@@H](NC(=O)c1cc(F)ccc1N)C1CCCCC1. The minimum atomic E-state index is -0.440. The maximum Gasteiger partial charge on any atom is 0.253 e. The Morgan fingerprint density at radius 1 is 1.37 bits per heavy atom. The highest BCUT2D eigenvalue weighted by atomic mass is 19.1. The summed E-state index contributed by atoms with van der Waals surface area (Å²) >= 11 is 0. The van der Waals surface area contributed by atoms with Gasteiger partial charge in [0.25, 0.3) is 5.91 Å². The Morgan fingerprint density at radius 3 is 2.74 bits per heavy atom. The highest BCUT2D eigenvalue weighted by Gasteiger charge is 2.22. The Balaban J connectivity index is 2.01. The lowest BCUT2D eigenvalue weighted by Crippen LogP contribution is -2.39. The van der Waals surface area contributed by atoms with E-state index >= 15 is 0 Å². The summed E-state index contributed by atoms with van der Waals surface area (Å²) in [4.78, 5) is 12.1. The van der Waals surface area contributed by atoms with Crippen LogP contribution < -0.4 is 11.1 Å². The summed E-state index contributed by atoms with van der Waals surface area (Å²) in [7, 11) is 0. The molecular weight excluding hydrogens is 243 g/mol. The monoisotopic (exact) mass is 264 g/mol. The van der Waals surface area contributed by atoms with Crippen LogP contribution in [0.3, 0.4) is 0 Å². The lowest BCUT2D eigenvalue weighted by atomic mass is 9.84. The molecule has 19 heavy (non-hydrogen) atoms. The van der Waals surface area contributed by atoms with Crippen LogP contribution in [0.2, 0.25) is 0 Å². The van der Waals surface area contributed by atoms with E-state index in [1.165, 1.54) is 37.5 Å². The van der Waals surface area contributed by atoms with E-state index in [9.17, 15) is 9.18 Å². The van der Waals surface area contributed by atoms with E-state index in [-0.39, 0.29) is 17.5 Å². The Labute approximate surface area is 113 Å². The number of benzene rings is 1. The Hall–Kier alpha value is -1.58. The molecule has 3 N–H and O–H groups in total. The molecule has 0 heterocycles. The average molecular weight is 264 g/mol. The fourth-order valence-corrected chi connectivity index (χ4v) is 2.76. The van der Waals surface area contributed by atoms with E-state index in [0.717, 1.165) is 12.8 Å². The van der Waals surface area contributed by atoms with Gasteiger partial charge in [0.2, 0.25) is 0 Å². The quantitative estimate of drug-likeness (QED) is 0.824. The molecule has 0 spiro atoms. The molecule has 1 aliphatic rings. The van der Waals surface area contributed by atoms with Crippen LogP contribution in [0.4, 0.5) is 10.1 Å². The third-order valence-corrected chi connectivity index (χ3v) is 3.98. The molecule has 0 unspecified atom stereocenters. The van der Waals surface area contributed by atoms with Crippen LogP contribution in [-0.2, 0) is 0 Å². The zero-order valence-corrected chi connectivity index (χ0v) is 11.3. The Kier molecular flexibility index (Phi) is 4.40. The molecular formula is C15H21FN2O. The number of rotatable bonds is 3. The first-order valence-corrected chi connectivity index (χ1v) is 6.94. The van der Waals surface area contributed by atoms with Crippen molar-refractivity contribution in [3.05, 3.63) is 29.6 Å². The summed E-state index contributed by atoms with van der Waals surface area (Å²) in [6.45, 7) is 2.02.